The van der Waals surface area contributed by atoms with Gasteiger partial charge in [0.1, 0.15) is 17.3 Å². The molecule has 1 aromatic heterocycles. The van der Waals surface area contributed by atoms with E-state index in [1.807, 2.05) is 0 Å². The van der Waals surface area contributed by atoms with Crippen molar-refractivity contribution in [3.8, 4) is 0 Å². The van der Waals surface area contributed by atoms with Gasteiger partial charge in [0.05, 0.1) is 0 Å². The number of nitrogens with one attached hydrogen (secondary N) is 1. The lowest BCUT2D eigenvalue weighted by Crippen LogP contribution is -2.33. The summed E-state index contributed by atoms with van der Waals surface area (Å²) in [7, 11) is 0. The summed E-state index contributed by atoms with van der Waals surface area (Å²) in [6.45, 7) is 7.84. The molecule has 4 nitrogen and oxygen atoms in total. The van der Waals surface area contributed by atoms with Gasteiger partial charge < -0.3 is 10.2 Å². The smallest absolute Gasteiger partial charge is 0.137 e. The Hall–Kier alpha value is -0.870. The number of likely N-dealkylation sites (tertiary alicyclic amines) is 1. The second-order valence-electron chi connectivity index (χ2n) is 5.29. The number of anilines is 1. The van der Waals surface area contributed by atoms with Crippen molar-refractivity contribution in [1.82, 2.24) is 14.9 Å². The Morgan fingerprint density at radius 3 is 2.79 bits per heavy atom. The maximum absolute atomic E-state index is 6.16. The van der Waals surface area contributed by atoms with Crippen LogP contribution in [-0.4, -0.2) is 40.5 Å². The Morgan fingerprint density at radius 2 is 2.11 bits per heavy atom. The molecule has 1 unspecified atom stereocenters. The van der Waals surface area contributed by atoms with E-state index in [1.165, 1.54) is 32.3 Å². The monoisotopic (exact) mass is 282 g/mol. The number of halogens is 1. The Labute approximate surface area is 120 Å². The van der Waals surface area contributed by atoms with Gasteiger partial charge in [-0.3, -0.25) is 0 Å². The number of rotatable bonds is 6. The first kappa shape index (κ1) is 14.5. The molecular formula is C14H23ClN4. The van der Waals surface area contributed by atoms with Crippen molar-refractivity contribution in [2.24, 2.45) is 0 Å². The molecule has 0 aliphatic carbocycles. The molecule has 0 saturated carbocycles. The van der Waals surface area contributed by atoms with Crippen LogP contribution in [0.15, 0.2) is 6.33 Å². The third kappa shape index (κ3) is 4.05. The fourth-order valence-corrected chi connectivity index (χ4v) is 2.85. The van der Waals surface area contributed by atoms with Crippen molar-refractivity contribution in [3.05, 3.63) is 17.0 Å². The zero-order valence-electron chi connectivity index (χ0n) is 11.8. The van der Waals surface area contributed by atoms with Crippen LogP contribution < -0.4 is 5.32 Å². The van der Waals surface area contributed by atoms with Crippen molar-refractivity contribution in [2.45, 2.75) is 45.6 Å². The van der Waals surface area contributed by atoms with E-state index < -0.39 is 0 Å². The average Bonchev–Trinajstić information content (AvgIpc) is 2.86. The van der Waals surface area contributed by atoms with Crippen LogP contribution in [0.2, 0.25) is 5.15 Å². The summed E-state index contributed by atoms with van der Waals surface area (Å²) in [5.74, 6) is 0.897. The lowest BCUT2D eigenvalue weighted by molar-refractivity contribution is 0.327. The molecule has 0 spiro atoms. The largest absolute Gasteiger partial charge is 0.366 e. The van der Waals surface area contributed by atoms with E-state index in [1.54, 1.807) is 0 Å². The summed E-state index contributed by atoms with van der Waals surface area (Å²) < 4.78 is 0. The molecule has 1 N–H and O–H groups in total. The van der Waals surface area contributed by atoms with E-state index in [0.29, 0.717) is 11.2 Å². The van der Waals surface area contributed by atoms with Crippen molar-refractivity contribution in [3.63, 3.8) is 0 Å². The fraction of sp³-hybridized carbons (Fsp3) is 0.714. The number of nitrogens with zero attached hydrogens (tertiary/aromatic N) is 3. The van der Waals surface area contributed by atoms with Crippen LogP contribution in [-0.2, 0) is 6.42 Å². The van der Waals surface area contributed by atoms with Crippen LogP contribution in [0.4, 0.5) is 5.82 Å². The van der Waals surface area contributed by atoms with Crippen molar-refractivity contribution in [1.29, 1.82) is 0 Å². The standard InChI is InChI=1S/C14H23ClN4/c1-3-6-12-13(15)16-10-17-14(12)18-11(2)9-19-7-4-5-8-19/h10-11H,3-9H2,1-2H3,(H,16,17,18). The van der Waals surface area contributed by atoms with Gasteiger partial charge in [0.2, 0.25) is 0 Å². The maximum atomic E-state index is 6.16. The van der Waals surface area contributed by atoms with E-state index in [2.05, 4.69) is 34.0 Å². The van der Waals surface area contributed by atoms with Crippen molar-refractivity contribution < 1.29 is 0 Å². The zero-order valence-corrected chi connectivity index (χ0v) is 12.6. The molecule has 1 aliphatic rings. The molecule has 0 aromatic carbocycles. The van der Waals surface area contributed by atoms with E-state index in [4.69, 9.17) is 11.6 Å². The van der Waals surface area contributed by atoms with Gasteiger partial charge in [-0.1, -0.05) is 24.9 Å². The van der Waals surface area contributed by atoms with Crippen LogP contribution in [0.3, 0.4) is 0 Å². The minimum Gasteiger partial charge on any atom is -0.366 e. The van der Waals surface area contributed by atoms with E-state index in [-0.39, 0.29) is 0 Å². The number of aromatic nitrogens is 2. The molecule has 1 fully saturated rings. The fourth-order valence-electron chi connectivity index (χ4n) is 2.62. The second kappa shape index (κ2) is 7.06. The average molecular weight is 283 g/mol. The molecule has 1 atom stereocenters. The van der Waals surface area contributed by atoms with Gasteiger partial charge in [-0.05, 0) is 39.3 Å². The molecule has 0 amide bonds. The summed E-state index contributed by atoms with van der Waals surface area (Å²) in [5, 5.41) is 4.06. The SMILES string of the molecule is CCCc1c(Cl)ncnc1NC(C)CN1CCCC1. The molecule has 19 heavy (non-hydrogen) atoms. The normalized spacial score (nSPS) is 17.6. The first-order chi connectivity index (χ1) is 9.20. The third-order valence-corrected chi connectivity index (χ3v) is 3.83. The molecule has 5 heteroatoms. The summed E-state index contributed by atoms with van der Waals surface area (Å²) in [6, 6.07) is 0.375. The minimum absolute atomic E-state index is 0.375. The van der Waals surface area contributed by atoms with Gasteiger partial charge in [0.15, 0.2) is 0 Å². The molecule has 2 rings (SSSR count). The van der Waals surface area contributed by atoms with Crippen LogP contribution >= 0.6 is 11.6 Å². The highest BCUT2D eigenvalue weighted by molar-refractivity contribution is 6.30. The Balaban J connectivity index is 1.98. The van der Waals surface area contributed by atoms with Gasteiger partial charge in [-0.2, -0.15) is 0 Å². The minimum atomic E-state index is 0.375. The van der Waals surface area contributed by atoms with Gasteiger partial charge >= 0.3 is 0 Å². The van der Waals surface area contributed by atoms with Crippen LogP contribution in [0, 0.1) is 0 Å². The summed E-state index contributed by atoms with van der Waals surface area (Å²) in [4.78, 5) is 10.9. The summed E-state index contributed by atoms with van der Waals surface area (Å²) >= 11 is 6.16. The predicted octanol–water partition coefficient (Wildman–Crippen LogP) is 2.98. The van der Waals surface area contributed by atoms with Crippen LogP contribution in [0.5, 0.6) is 0 Å². The lowest BCUT2D eigenvalue weighted by Gasteiger charge is -2.22. The molecule has 0 bridgehead atoms. The van der Waals surface area contributed by atoms with Crippen LogP contribution in [0.25, 0.3) is 0 Å². The quantitative estimate of drug-likeness (QED) is 0.815. The van der Waals surface area contributed by atoms with E-state index >= 15 is 0 Å². The van der Waals surface area contributed by atoms with Gasteiger partial charge in [-0.15, -0.1) is 0 Å². The topological polar surface area (TPSA) is 41.1 Å². The highest BCUT2D eigenvalue weighted by Gasteiger charge is 2.16. The van der Waals surface area contributed by atoms with Gasteiger partial charge in [0, 0.05) is 18.2 Å². The number of hydrogen-bond donors (Lipinski definition) is 1. The van der Waals surface area contributed by atoms with Gasteiger partial charge in [-0.25, -0.2) is 9.97 Å². The molecule has 1 aromatic rings. The Kier molecular flexibility index (Phi) is 5.40. The molecule has 0 radical (unpaired) electrons. The second-order valence-corrected chi connectivity index (χ2v) is 5.65. The Bertz CT molecular complexity index is 404. The zero-order chi connectivity index (χ0) is 13.7. The first-order valence-corrected chi connectivity index (χ1v) is 7.56. The first-order valence-electron chi connectivity index (χ1n) is 7.19. The molecule has 1 saturated heterocycles. The van der Waals surface area contributed by atoms with Crippen molar-refractivity contribution in [2.75, 3.05) is 25.0 Å². The highest BCUT2D eigenvalue weighted by atomic mass is 35.5. The molecule has 1 aliphatic heterocycles. The maximum Gasteiger partial charge on any atom is 0.137 e. The van der Waals surface area contributed by atoms with Gasteiger partial charge in [0.25, 0.3) is 0 Å². The summed E-state index contributed by atoms with van der Waals surface area (Å²) in [6.07, 6.45) is 6.15. The van der Waals surface area contributed by atoms with E-state index in [0.717, 1.165) is 30.8 Å². The molecule has 2 heterocycles. The third-order valence-electron chi connectivity index (χ3n) is 3.51. The predicted molar refractivity (Wildman–Crippen MR) is 79.8 cm³/mol. The Morgan fingerprint density at radius 1 is 1.37 bits per heavy atom. The molecule has 106 valence electrons. The van der Waals surface area contributed by atoms with Crippen molar-refractivity contribution >= 4 is 17.4 Å². The van der Waals surface area contributed by atoms with Crippen LogP contribution in [0.1, 0.15) is 38.7 Å². The highest BCUT2D eigenvalue weighted by Crippen LogP contribution is 2.22. The lowest BCUT2D eigenvalue weighted by atomic mass is 10.1. The summed E-state index contributed by atoms with van der Waals surface area (Å²) in [5.41, 5.74) is 1.04. The molecular weight excluding hydrogens is 260 g/mol. The van der Waals surface area contributed by atoms with E-state index in [9.17, 15) is 0 Å². The number of hydrogen-bond acceptors (Lipinski definition) is 4.